The summed E-state index contributed by atoms with van der Waals surface area (Å²) in [6.45, 7) is 1.48. The number of hydrogen-bond donors (Lipinski definition) is 1. The van der Waals surface area contributed by atoms with E-state index in [2.05, 4.69) is 5.32 Å². The minimum absolute atomic E-state index is 0.00680. The molecule has 32 heavy (non-hydrogen) atoms. The Morgan fingerprint density at radius 2 is 1.78 bits per heavy atom. The van der Waals surface area contributed by atoms with Crippen molar-refractivity contribution in [3.63, 3.8) is 0 Å². The molecule has 0 unspecified atom stereocenters. The molecule has 1 heterocycles. The number of carbonyl (C=O) groups excluding carboxylic acids is 1. The second kappa shape index (κ2) is 8.40. The lowest BCUT2D eigenvalue weighted by Crippen LogP contribution is -2.48. The second-order valence-corrected chi connectivity index (χ2v) is 9.48. The first kappa shape index (κ1) is 22.0. The van der Waals surface area contributed by atoms with E-state index < -0.39 is 33.7 Å². The van der Waals surface area contributed by atoms with Crippen molar-refractivity contribution >= 4 is 38.9 Å². The van der Waals surface area contributed by atoms with E-state index in [1.165, 1.54) is 36.4 Å². The van der Waals surface area contributed by atoms with Crippen molar-refractivity contribution in [1.29, 1.82) is 0 Å². The van der Waals surface area contributed by atoms with E-state index in [9.17, 15) is 22.0 Å². The Hall–Kier alpha value is -3.17. The van der Waals surface area contributed by atoms with Gasteiger partial charge in [0, 0.05) is 16.8 Å². The van der Waals surface area contributed by atoms with Crippen LogP contribution in [0.15, 0.2) is 65.6 Å². The Labute approximate surface area is 188 Å². The van der Waals surface area contributed by atoms with Gasteiger partial charge in [-0.3, -0.25) is 9.10 Å². The normalized spacial score (nSPS) is 15.6. The highest BCUT2D eigenvalue weighted by Crippen LogP contribution is 2.39. The third kappa shape index (κ3) is 4.26. The fraction of sp³-hybridized carbons (Fsp3) is 0.136. The van der Waals surface area contributed by atoms with E-state index in [1.54, 1.807) is 12.1 Å². The van der Waals surface area contributed by atoms with Gasteiger partial charge in [0.2, 0.25) is 0 Å². The minimum atomic E-state index is -4.06. The summed E-state index contributed by atoms with van der Waals surface area (Å²) in [6, 6.07) is 13.6. The van der Waals surface area contributed by atoms with Gasteiger partial charge in [0.15, 0.2) is 17.7 Å². The molecule has 10 heteroatoms. The lowest BCUT2D eigenvalue weighted by Gasteiger charge is -2.34. The van der Waals surface area contributed by atoms with Crippen molar-refractivity contribution in [2.24, 2.45) is 0 Å². The molecule has 1 N–H and O–H groups in total. The molecule has 1 aliphatic heterocycles. The lowest BCUT2D eigenvalue weighted by molar-refractivity contribution is -0.122. The summed E-state index contributed by atoms with van der Waals surface area (Å²) in [5.41, 5.74) is 1.08. The molecule has 1 amide bonds. The fourth-order valence-electron chi connectivity index (χ4n) is 3.22. The maximum absolute atomic E-state index is 13.5. The second-order valence-electron chi connectivity index (χ2n) is 7.19. The highest BCUT2D eigenvalue weighted by Gasteiger charge is 2.37. The third-order valence-corrected chi connectivity index (χ3v) is 6.91. The van der Waals surface area contributed by atoms with Gasteiger partial charge in [-0.1, -0.05) is 29.3 Å². The van der Waals surface area contributed by atoms with Crippen LogP contribution in [-0.4, -0.2) is 27.0 Å². The number of nitrogens with one attached hydrogen (secondary N) is 1. The standard InChI is InChI=1S/C22H17ClF2N2O4S/c1-13-2-6-16(7-3-13)32(29,30)27-12-21(31-20-9-4-14(23)10-19(20)27)22(28)26-15-5-8-17(24)18(25)11-15/h2-11,21H,12H2,1H3,(H,26,28)/t21-/m1/s1. The zero-order valence-electron chi connectivity index (χ0n) is 16.7. The maximum atomic E-state index is 13.5. The summed E-state index contributed by atoms with van der Waals surface area (Å²) in [4.78, 5) is 12.8. The third-order valence-electron chi connectivity index (χ3n) is 4.88. The average molecular weight is 479 g/mol. The number of carbonyl (C=O) groups is 1. The summed E-state index contributed by atoms with van der Waals surface area (Å²) >= 11 is 6.07. The number of aryl methyl sites for hydroxylation is 1. The van der Waals surface area contributed by atoms with E-state index in [-0.39, 0.29) is 28.6 Å². The van der Waals surface area contributed by atoms with Crippen molar-refractivity contribution in [1.82, 2.24) is 0 Å². The molecule has 1 aliphatic rings. The van der Waals surface area contributed by atoms with Gasteiger partial charge in [0.25, 0.3) is 15.9 Å². The predicted octanol–water partition coefficient (Wildman–Crippen LogP) is 4.52. The Bertz CT molecular complexity index is 1300. The number of rotatable bonds is 4. The summed E-state index contributed by atoms with van der Waals surface area (Å²) < 4.78 is 60.2. The number of hydrogen-bond acceptors (Lipinski definition) is 4. The van der Waals surface area contributed by atoms with Gasteiger partial charge in [0.1, 0.15) is 5.75 Å². The average Bonchev–Trinajstić information content (AvgIpc) is 2.75. The Morgan fingerprint density at radius 1 is 1.06 bits per heavy atom. The zero-order chi connectivity index (χ0) is 23.0. The minimum Gasteiger partial charge on any atom is -0.476 e. The highest BCUT2D eigenvalue weighted by molar-refractivity contribution is 7.92. The largest absolute Gasteiger partial charge is 0.476 e. The molecule has 1 atom stereocenters. The molecule has 0 radical (unpaired) electrons. The molecule has 3 aromatic carbocycles. The lowest BCUT2D eigenvalue weighted by atomic mass is 10.2. The van der Waals surface area contributed by atoms with Crippen LogP contribution in [0.25, 0.3) is 0 Å². The van der Waals surface area contributed by atoms with E-state index in [0.717, 1.165) is 22.0 Å². The number of benzene rings is 3. The van der Waals surface area contributed by atoms with Crippen LogP contribution in [0.2, 0.25) is 5.02 Å². The summed E-state index contributed by atoms with van der Waals surface area (Å²) in [7, 11) is -4.06. The van der Waals surface area contributed by atoms with Crippen LogP contribution in [0.1, 0.15) is 5.56 Å². The van der Waals surface area contributed by atoms with Gasteiger partial charge in [-0.15, -0.1) is 0 Å². The van der Waals surface area contributed by atoms with Gasteiger partial charge in [-0.05, 0) is 49.4 Å². The molecule has 0 fully saturated rings. The van der Waals surface area contributed by atoms with E-state index >= 15 is 0 Å². The summed E-state index contributed by atoms with van der Waals surface area (Å²) in [5, 5.41) is 2.72. The molecule has 0 spiro atoms. The Morgan fingerprint density at radius 3 is 2.47 bits per heavy atom. The first-order chi connectivity index (χ1) is 15.1. The highest BCUT2D eigenvalue weighted by atomic mass is 35.5. The number of halogens is 3. The van der Waals surface area contributed by atoms with Crippen LogP contribution >= 0.6 is 11.6 Å². The van der Waals surface area contributed by atoms with Crippen LogP contribution in [0, 0.1) is 18.6 Å². The van der Waals surface area contributed by atoms with Crippen molar-refractivity contribution in [2.75, 3.05) is 16.2 Å². The Kier molecular flexibility index (Phi) is 5.79. The Balaban J connectivity index is 1.69. The van der Waals surface area contributed by atoms with E-state index in [1.807, 2.05) is 6.92 Å². The molecule has 4 rings (SSSR count). The quantitative estimate of drug-likeness (QED) is 0.598. The molecule has 0 saturated carbocycles. The predicted molar refractivity (Wildman–Crippen MR) is 117 cm³/mol. The van der Waals surface area contributed by atoms with Crippen molar-refractivity contribution in [3.8, 4) is 5.75 Å². The van der Waals surface area contributed by atoms with Crippen LogP contribution in [0.5, 0.6) is 5.75 Å². The molecule has 3 aromatic rings. The van der Waals surface area contributed by atoms with Gasteiger partial charge in [-0.25, -0.2) is 17.2 Å². The zero-order valence-corrected chi connectivity index (χ0v) is 18.3. The van der Waals surface area contributed by atoms with E-state index in [4.69, 9.17) is 16.3 Å². The smallest absolute Gasteiger partial charge is 0.267 e. The number of sulfonamides is 1. The van der Waals surface area contributed by atoms with Crippen LogP contribution in [0.3, 0.4) is 0 Å². The van der Waals surface area contributed by atoms with Crippen LogP contribution in [-0.2, 0) is 14.8 Å². The maximum Gasteiger partial charge on any atom is 0.267 e. The molecule has 166 valence electrons. The summed E-state index contributed by atoms with van der Waals surface area (Å²) in [5.74, 6) is -2.77. The van der Waals surface area contributed by atoms with Gasteiger partial charge in [0.05, 0.1) is 17.1 Å². The topological polar surface area (TPSA) is 75.7 Å². The van der Waals surface area contributed by atoms with Crippen molar-refractivity contribution < 1.29 is 26.7 Å². The monoisotopic (exact) mass is 478 g/mol. The number of nitrogens with zero attached hydrogens (tertiary/aromatic N) is 1. The number of anilines is 2. The molecule has 6 nitrogen and oxygen atoms in total. The van der Waals surface area contributed by atoms with Crippen molar-refractivity contribution in [2.45, 2.75) is 17.9 Å². The van der Waals surface area contributed by atoms with E-state index in [0.29, 0.717) is 5.02 Å². The van der Waals surface area contributed by atoms with Gasteiger partial charge in [-0.2, -0.15) is 0 Å². The van der Waals surface area contributed by atoms with Crippen LogP contribution in [0.4, 0.5) is 20.2 Å². The van der Waals surface area contributed by atoms with Gasteiger partial charge < -0.3 is 10.1 Å². The number of ether oxygens (including phenoxy) is 1. The number of amides is 1. The molecule has 0 saturated heterocycles. The SMILES string of the molecule is Cc1ccc(S(=O)(=O)N2C[C@H](C(=O)Nc3ccc(F)c(F)c3)Oc3ccc(Cl)cc32)cc1. The fourth-order valence-corrected chi connectivity index (χ4v) is 4.86. The molecular formula is C22H17ClF2N2O4S. The first-order valence-electron chi connectivity index (χ1n) is 9.47. The molecular weight excluding hydrogens is 462 g/mol. The number of fused-ring (bicyclic) bond motifs is 1. The molecule has 0 aliphatic carbocycles. The first-order valence-corrected chi connectivity index (χ1v) is 11.3. The van der Waals surface area contributed by atoms with Crippen LogP contribution < -0.4 is 14.4 Å². The summed E-state index contributed by atoms with van der Waals surface area (Å²) in [6.07, 6.45) is -1.25. The molecule has 0 bridgehead atoms. The molecule has 0 aromatic heterocycles. The van der Waals surface area contributed by atoms with Gasteiger partial charge >= 0.3 is 0 Å². The van der Waals surface area contributed by atoms with Crippen molar-refractivity contribution in [3.05, 3.63) is 82.9 Å².